The third-order valence-electron chi connectivity index (χ3n) is 7.13. The maximum Gasteiger partial charge on any atom is 0.252 e. The Bertz CT molecular complexity index is 763. The molecule has 5 nitrogen and oxygen atoms in total. The predicted octanol–water partition coefficient (Wildman–Crippen LogP) is 4.09. The van der Waals surface area contributed by atoms with Crippen LogP contribution in [0.25, 0.3) is 0 Å². The molecule has 0 radical (unpaired) electrons. The number of carbonyl (C=O) groups excluding carboxylic acids is 1. The summed E-state index contributed by atoms with van der Waals surface area (Å²) in [5.41, 5.74) is -0.0158. The molecule has 4 rings (SSSR count). The van der Waals surface area contributed by atoms with Gasteiger partial charge in [0.05, 0.1) is 15.7 Å². The second-order valence-electron chi connectivity index (χ2n) is 9.43. The number of anilines is 1. The molecule has 0 aromatic heterocycles. The average molecular weight is 454 g/mol. The molecule has 30 heavy (non-hydrogen) atoms. The van der Waals surface area contributed by atoms with Gasteiger partial charge in [0.15, 0.2) is 0 Å². The molecule has 0 bridgehead atoms. The molecule has 0 spiro atoms. The minimum Gasteiger partial charge on any atom is -0.380 e. The normalized spacial score (nSPS) is 28.9. The lowest BCUT2D eigenvalue weighted by Gasteiger charge is -2.42. The molecule has 1 heterocycles. The zero-order valence-electron chi connectivity index (χ0n) is 17.7. The molecule has 1 aromatic rings. The lowest BCUT2D eigenvalue weighted by Crippen LogP contribution is -2.52. The highest BCUT2D eigenvalue weighted by Gasteiger charge is 2.48. The van der Waals surface area contributed by atoms with Crippen molar-refractivity contribution in [3.05, 3.63) is 28.2 Å². The Morgan fingerprint density at radius 2 is 1.93 bits per heavy atom. The van der Waals surface area contributed by atoms with Crippen LogP contribution in [-0.4, -0.2) is 59.8 Å². The van der Waals surface area contributed by atoms with Crippen molar-refractivity contribution in [2.45, 2.75) is 69.6 Å². The summed E-state index contributed by atoms with van der Waals surface area (Å²) in [5.74, 6) is 0.579. The van der Waals surface area contributed by atoms with Crippen LogP contribution in [0.2, 0.25) is 10.0 Å². The van der Waals surface area contributed by atoms with Gasteiger partial charge in [-0.25, -0.2) is 0 Å². The molecule has 0 unspecified atom stereocenters. The highest BCUT2D eigenvalue weighted by molar-refractivity contribution is 6.43. The predicted molar refractivity (Wildman–Crippen MR) is 122 cm³/mol. The Morgan fingerprint density at radius 3 is 2.60 bits per heavy atom. The van der Waals surface area contributed by atoms with E-state index in [1.807, 2.05) is 12.1 Å². The summed E-state index contributed by atoms with van der Waals surface area (Å²) in [6.45, 7) is 6.42. The fourth-order valence-corrected chi connectivity index (χ4v) is 5.34. The summed E-state index contributed by atoms with van der Waals surface area (Å²) in [7, 11) is 0. The fraction of sp³-hybridized carbons (Fsp3) is 0.696. The van der Waals surface area contributed by atoms with E-state index in [1.165, 1.54) is 6.42 Å². The Kier molecular flexibility index (Phi) is 6.83. The van der Waals surface area contributed by atoms with Crippen molar-refractivity contribution in [2.24, 2.45) is 5.92 Å². The fourth-order valence-electron chi connectivity index (χ4n) is 4.93. The maximum atomic E-state index is 12.0. The number of piperazine rings is 1. The average Bonchev–Trinajstić information content (AvgIpc) is 3.49. The van der Waals surface area contributed by atoms with Crippen molar-refractivity contribution in [1.29, 1.82) is 0 Å². The molecule has 1 amide bonds. The van der Waals surface area contributed by atoms with Crippen molar-refractivity contribution < 1.29 is 9.90 Å². The molecule has 1 aromatic carbocycles. The number of benzene rings is 1. The Balaban J connectivity index is 1.19. The highest BCUT2D eigenvalue weighted by Crippen LogP contribution is 2.36. The number of carbonyl (C=O) groups is 1. The van der Waals surface area contributed by atoms with Gasteiger partial charge in [0.1, 0.15) is 5.60 Å². The molecular formula is C23H33Cl2N3O2. The van der Waals surface area contributed by atoms with Gasteiger partial charge in [-0.3, -0.25) is 9.69 Å². The summed E-state index contributed by atoms with van der Waals surface area (Å²) in [5, 5.41) is 14.2. The van der Waals surface area contributed by atoms with Gasteiger partial charge < -0.3 is 15.3 Å². The van der Waals surface area contributed by atoms with Crippen LogP contribution < -0.4 is 10.2 Å². The van der Waals surface area contributed by atoms with E-state index in [-0.39, 0.29) is 11.9 Å². The summed E-state index contributed by atoms with van der Waals surface area (Å²) >= 11 is 12.6. The van der Waals surface area contributed by atoms with E-state index < -0.39 is 5.60 Å². The van der Waals surface area contributed by atoms with E-state index >= 15 is 0 Å². The van der Waals surface area contributed by atoms with Crippen LogP contribution in [-0.2, 0) is 4.79 Å². The van der Waals surface area contributed by atoms with Crippen LogP contribution in [0.1, 0.15) is 51.9 Å². The van der Waals surface area contributed by atoms with Crippen LogP contribution in [0.5, 0.6) is 0 Å². The first-order valence-electron chi connectivity index (χ1n) is 11.3. The van der Waals surface area contributed by atoms with E-state index in [0.29, 0.717) is 28.9 Å². The van der Waals surface area contributed by atoms with Crippen LogP contribution in [0, 0.1) is 5.92 Å². The lowest BCUT2D eigenvalue weighted by atomic mass is 9.84. The van der Waals surface area contributed by atoms with E-state index in [2.05, 4.69) is 28.1 Å². The van der Waals surface area contributed by atoms with Crippen LogP contribution in [0.3, 0.4) is 0 Å². The maximum absolute atomic E-state index is 12.0. The minimum absolute atomic E-state index is 0.155. The molecule has 2 N–H and O–H groups in total. The van der Waals surface area contributed by atoms with Crippen molar-refractivity contribution in [3.63, 3.8) is 0 Å². The summed E-state index contributed by atoms with van der Waals surface area (Å²) in [6.07, 6.45) is 6.84. The van der Waals surface area contributed by atoms with Crippen molar-refractivity contribution in [3.8, 4) is 0 Å². The summed E-state index contributed by atoms with van der Waals surface area (Å²) in [4.78, 5) is 17.0. The highest BCUT2D eigenvalue weighted by atomic mass is 35.5. The molecule has 3 aliphatic rings. The van der Waals surface area contributed by atoms with E-state index in [0.717, 1.165) is 63.5 Å². The standard InChI is InChI=1S/C23H33Cl2N3O2/c1-16-15-27(13-14-28(16)20-4-2-3-19(24)21(20)25)12-9-17-5-7-18(8-6-17)26-22(29)23(30)10-11-23/h2-4,16-18,30H,5-15H2,1H3,(H,26,29)/t16-,17-,18-/m1/s1. The molecule has 3 fully saturated rings. The third-order valence-corrected chi connectivity index (χ3v) is 7.94. The third kappa shape index (κ3) is 5.07. The van der Waals surface area contributed by atoms with Crippen molar-refractivity contribution >= 4 is 34.8 Å². The van der Waals surface area contributed by atoms with E-state index in [9.17, 15) is 9.90 Å². The molecule has 2 saturated carbocycles. The number of nitrogens with zero attached hydrogens (tertiary/aromatic N) is 2. The second kappa shape index (κ2) is 9.23. The number of nitrogens with one attached hydrogen (secondary N) is 1. The van der Waals surface area contributed by atoms with Crippen molar-refractivity contribution in [1.82, 2.24) is 10.2 Å². The molecule has 1 atom stereocenters. The molecular weight excluding hydrogens is 421 g/mol. The van der Waals surface area contributed by atoms with E-state index in [1.54, 1.807) is 0 Å². The second-order valence-corrected chi connectivity index (χ2v) is 10.2. The van der Waals surface area contributed by atoms with Gasteiger partial charge in [-0.15, -0.1) is 0 Å². The van der Waals surface area contributed by atoms with Gasteiger partial charge in [-0.1, -0.05) is 29.3 Å². The SMILES string of the molecule is C[C@@H]1CN(CC[C@H]2CC[C@H](NC(=O)C3(O)CC3)CC2)CCN1c1cccc(Cl)c1Cl. The Labute approximate surface area is 189 Å². The zero-order chi connectivity index (χ0) is 21.3. The Morgan fingerprint density at radius 1 is 1.20 bits per heavy atom. The number of amides is 1. The van der Waals surface area contributed by atoms with Gasteiger partial charge in [-0.05, 0) is 76.5 Å². The van der Waals surface area contributed by atoms with Gasteiger partial charge in [-0.2, -0.15) is 0 Å². The molecule has 1 saturated heterocycles. The van der Waals surface area contributed by atoms with Crippen LogP contribution in [0.4, 0.5) is 5.69 Å². The molecule has 1 aliphatic heterocycles. The van der Waals surface area contributed by atoms with Gasteiger partial charge in [0.2, 0.25) is 0 Å². The first kappa shape index (κ1) is 22.2. The Hall–Kier alpha value is -1.01. The molecule has 7 heteroatoms. The topological polar surface area (TPSA) is 55.8 Å². The molecule has 166 valence electrons. The van der Waals surface area contributed by atoms with E-state index in [4.69, 9.17) is 23.2 Å². The number of rotatable bonds is 6. The number of halogens is 2. The summed E-state index contributed by atoms with van der Waals surface area (Å²) < 4.78 is 0. The van der Waals surface area contributed by atoms with Crippen molar-refractivity contribution in [2.75, 3.05) is 31.1 Å². The molecule has 2 aliphatic carbocycles. The largest absolute Gasteiger partial charge is 0.380 e. The van der Waals surface area contributed by atoms with Gasteiger partial charge in [0, 0.05) is 31.7 Å². The summed E-state index contributed by atoms with van der Waals surface area (Å²) in [6, 6.07) is 6.49. The lowest BCUT2D eigenvalue weighted by molar-refractivity contribution is -0.132. The first-order chi connectivity index (χ1) is 14.4. The monoisotopic (exact) mass is 453 g/mol. The van der Waals surface area contributed by atoms with Crippen LogP contribution in [0.15, 0.2) is 18.2 Å². The quantitative estimate of drug-likeness (QED) is 0.680. The zero-order valence-corrected chi connectivity index (χ0v) is 19.3. The smallest absolute Gasteiger partial charge is 0.252 e. The minimum atomic E-state index is -1.05. The first-order valence-corrected chi connectivity index (χ1v) is 12.1. The number of aliphatic hydroxyl groups is 1. The van der Waals surface area contributed by atoms with Crippen LogP contribution >= 0.6 is 23.2 Å². The number of hydrogen-bond donors (Lipinski definition) is 2. The van der Waals surface area contributed by atoms with Gasteiger partial charge >= 0.3 is 0 Å². The van der Waals surface area contributed by atoms with Gasteiger partial charge in [0.25, 0.3) is 5.91 Å². The number of hydrogen-bond acceptors (Lipinski definition) is 4.